The third-order valence-electron chi connectivity index (χ3n) is 4.05. The van der Waals surface area contributed by atoms with Crippen LogP contribution < -0.4 is 0 Å². The Balaban J connectivity index is 1.95. The fourth-order valence-electron chi connectivity index (χ4n) is 2.56. The van der Waals surface area contributed by atoms with Gasteiger partial charge in [0.2, 0.25) is 0 Å². The van der Waals surface area contributed by atoms with Crippen molar-refractivity contribution in [1.82, 2.24) is 0 Å². The molecule has 0 aromatic heterocycles. The summed E-state index contributed by atoms with van der Waals surface area (Å²) in [6, 6.07) is 6.69. The third-order valence-corrected chi connectivity index (χ3v) is 4.05. The molecule has 0 saturated heterocycles. The summed E-state index contributed by atoms with van der Waals surface area (Å²) in [5.41, 5.74) is 0.865. The molecule has 3 heteroatoms. The number of carbonyl (C=O) groups excluding carboxylic acids is 1. The molecule has 1 N–H and O–H groups in total. The van der Waals surface area contributed by atoms with E-state index >= 15 is 0 Å². The van der Waals surface area contributed by atoms with Gasteiger partial charge in [-0.15, -0.1) is 0 Å². The van der Waals surface area contributed by atoms with Crippen LogP contribution in [0.4, 0.5) is 0 Å². The minimum absolute atomic E-state index is 0.218. The van der Waals surface area contributed by atoms with E-state index in [9.17, 15) is 9.90 Å². The Morgan fingerprint density at radius 1 is 0.917 bits per heavy atom. The van der Waals surface area contributed by atoms with Gasteiger partial charge in [-0.1, -0.05) is 76.8 Å². The Kier molecular flexibility index (Phi) is 11.5. The molecule has 0 atom stereocenters. The smallest absolute Gasteiger partial charge is 0.330 e. The lowest BCUT2D eigenvalue weighted by molar-refractivity contribution is -0.137. The molecule has 1 aromatic rings. The van der Waals surface area contributed by atoms with E-state index in [0.29, 0.717) is 6.61 Å². The summed E-state index contributed by atoms with van der Waals surface area (Å²) in [7, 11) is 0. The van der Waals surface area contributed by atoms with Crippen LogP contribution in [0, 0.1) is 0 Å². The summed E-state index contributed by atoms with van der Waals surface area (Å²) >= 11 is 0. The third kappa shape index (κ3) is 10.9. The zero-order valence-corrected chi connectivity index (χ0v) is 15.0. The van der Waals surface area contributed by atoms with E-state index in [-0.39, 0.29) is 11.7 Å². The largest absolute Gasteiger partial charge is 0.508 e. The zero-order chi connectivity index (χ0) is 17.5. The van der Waals surface area contributed by atoms with Crippen LogP contribution >= 0.6 is 0 Å². The SMILES string of the molecule is CCCCCCCCCCCCOC(=O)/C=C/c1ccc(O)cc1. The summed E-state index contributed by atoms with van der Waals surface area (Å²) in [5, 5.41) is 9.19. The van der Waals surface area contributed by atoms with Crippen molar-refractivity contribution in [2.24, 2.45) is 0 Å². The van der Waals surface area contributed by atoms with E-state index in [1.807, 2.05) is 0 Å². The van der Waals surface area contributed by atoms with Crippen molar-refractivity contribution >= 4 is 12.0 Å². The molecule has 1 aromatic carbocycles. The fraction of sp³-hybridized carbons (Fsp3) is 0.571. The van der Waals surface area contributed by atoms with Crippen molar-refractivity contribution < 1.29 is 14.6 Å². The molecule has 0 aliphatic heterocycles. The Hall–Kier alpha value is -1.77. The van der Waals surface area contributed by atoms with Gasteiger partial charge in [-0.2, -0.15) is 0 Å². The number of carbonyl (C=O) groups is 1. The normalized spacial score (nSPS) is 11.0. The van der Waals surface area contributed by atoms with E-state index in [0.717, 1.165) is 18.4 Å². The van der Waals surface area contributed by atoms with Crippen molar-refractivity contribution in [2.45, 2.75) is 71.1 Å². The number of unbranched alkanes of at least 4 members (excludes halogenated alkanes) is 9. The number of hydrogen-bond donors (Lipinski definition) is 1. The topological polar surface area (TPSA) is 46.5 Å². The van der Waals surface area contributed by atoms with Crippen LogP contribution in [0.25, 0.3) is 6.08 Å². The highest BCUT2D eigenvalue weighted by atomic mass is 16.5. The molecule has 1 rings (SSSR count). The summed E-state index contributed by atoms with van der Waals surface area (Å²) in [5.74, 6) is -0.0883. The Morgan fingerprint density at radius 3 is 2.04 bits per heavy atom. The average molecular weight is 332 g/mol. The maximum Gasteiger partial charge on any atom is 0.330 e. The summed E-state index contributed by atoms with van der Waals surface area (Å²) < 4.78 is 5.18. The second-order valence-corrected chi connectivity index (χ2v) is 6.27. The van der Waals surface area contributed by atoms with Gasteiger partial charge in [0.15, 0.2) is 0 Å². The van der Waals surface area contributed by atoms with Crippen LogP contribution in [-0.2, 0) is 9.53 Å². The standard InChI is InChI=1S/C21H32O3/c1-2-3-4-5-6-7-8-9-10-11-18-24-21(23)17-14-19-12-15-20(22)16-13-19/h12-17,22H,2-11,18H2,1H3/b17-14+. The van der Waals surface area contributed by atoms with Crippen molar-refractivity contribution in [3.05, 3.63) is 35.9 Å². The van der Waals surface area contributed by atoms with Gasteiger partial charge in [0.25, 0.3) is 0 Å². The molecule has 0 aliphatic rings. The van der Waals surface area contributed by atoms with Gasteiger partial charge in [0, 0.05) is 6.08 Å². The lowest BCUT2D eigenvalue weighted by Crippen LogP contribution is -2.02. The van der Waals surface area contributed by atoms with Crippen LogP contribution in [0.15, 0.2) is 30.3 Å². The summed E-state index contributed by atoms with van der Waals surface area (Å²) in [6.07, 6.45) is 15.8. The van der Waals surface area contributed by atoms with E-state index in [1.165, 1.54) is 57.4 Å². The number of phenolic OH excluding ortho intramolecular Hbond substituents is 1. The monoisotopic (exact) mass is 332 g/mol. The highest BCUT2D eigenvalue weighted by Crippen LogP contribution is 2.12. The molecule has 0 amide bonds. The predicted molar refractivity (Wildman–Crippen MR) is 99.9 cm³/mol. The lowest BCUT2D eigenvalue weighted by atomic mass is 10.1. The molecular formula is C21H32O3. The van der Waals surface area contributed by atoms with Gasteiger partial charge in [-0.3, -0.25) is 0 Å². The zero-order valence-electron chi connectivity index (χ0n) is 15.0. The first-order valence-corrected chi connectivity index (χ1v) is 9.36. The average Bonchev–Trinajstić information content (AvgIpc) is 2.59. The molecule has 3 nitrogen and oxygen atoms in total. The second kappa shape index (κ2) is 13.6. The first-order chi connectivity index (χ1) is 11.7. The van der Waals surface area contributed by atoms with Gasteiger partial charge in [-0.05, 0) is 30.2 Å². The van der Waals surface area contributed by atoms with Crippen LogP contribution in [0.3, 0.4) is 0 Å². The first kappa shape index (κ1) is 20.3. The van der Waals surface area contributed by atoms with Gasteiger partial charge < -0.3 is 9.84 Å². The number of benzene rings is 1. The molecule has 0 radical (unpaired) electrons. The van der Waals surface area contributed by atoms with E-state index < -0.39 is 0 Å². The van der Waals surface area contributed by atoms with Crippen LogP contribution in [0.2, 0.25) is 0 Å². The molecular weight excluding hydrogens is 300 g/mol. The summed E-state index contributed by atoms with van der Waals surface area (Å²) in [4.78, 5) is 11.6. The van der Waals surface area contributed by atoms with Crippen molar-refractivity contribution in [2.75, 3.05) is 6.61 Å². The Bertz CT molecular complexity index is 462. The van der Waals surface area contributed by atoms with E-state index in [4.69, 9.17) is 4.74 Å². The minimum Gasteiger partial charge on any atom is -0.508 e. The molecule has 0 fully saturated rings. The van der Waals surface area contributed by atoms with Crippen LogP contribution in [0.1, 0.15) is 76.7 Å². The predicted octanol–water partition coefficient (Wildman–Crippen LogP) is 5.87. The van der Waals surface area contributed by atoms with E-state index in [2.05, 4.69) is 6.92 Å². The molecule has 134 valence electrons. The molecule has 0 unspecified atom stereocenters. The van der Waals surface area contributed by atoms with Gasteiger partial charge in [0.05, 0.1) is 6.61 Å². The number of esters is 1. The highest BCUT2D eigenvalue weighted by Gasteiger charge is 1.98. The lowest BCUT2D eigenvalue weighted by Gasteiger charge is -2.03. The fourth-order valence-corrected chi connectivity index (χ4v) is 2.56. The Labute approximate surface area is 146 Å². The molecule has 0 aliphatic carbocycles. The van der Waals surface area contributed by atoms with Gasteiger partial charge in [-0.25, -0.2) is 4.79 Å². The van der Waals surface area contributed by atoms with Crippen LogP contribution in [-0.4, -0.2) is 17.7 Å². The molecule has 0 saturated carbocycles. The first-order valence-electron chi connectivity index (χ1n) is 9.36. The maximum absolute atomic E-state index is 11.6. The summed E-state index contributed by atoms with van der Waals surface area (Å²) in [6.45, 7) is 2.74. The molecule has 0 spiro atoms. The minimum atomic E-state index is -0.306. The highest BCUT2D eigenvalue weighted by molar-refractivity contribution is 5.87. The van der Waals surface area contributed by atoms with Crippen molar-refractivity contribution in [3.8, 4) is 5.75 Å². The van der Waals surface area contributed by atoms with Crippen molar-refractivity contribution in [3.63, 3.8) is 0 Å². The van der Waals surface area contributed by atoms with E-state index in [1.54, 1.807) is 30.3 Å². The number of rotatable bonds is 13. The molecule has 0 bridgehead atoms. The number of hydrogen-bond acceptors (Lipinski definition) is 3. The van der Waals surface area contributed by atoms with Gasteiger partial charge in [0.1, 0.15) is 5.75 Å². The number of ether oxygens (including phenoxy) is 1. The number of phenols is 1. The van der Waals surface area contributed by atoms with Crippen molar-refractivity contribution in [1.29, 1.82) is 0 Å². The second-order valence-electron chi connectivity index (χ2n) is 6.27. The molecule has 24 heavy (non-hydrogen) atoms. The van der Waals surface area contributed by atoms with Crippen LogP contribution in [0.5, 0.6) is 5.75 Å². The van der Waals surface area contributed by atoms with Gasteiger partial charge >= 0.3 is 5.97 Å². The maximum atomic E-state index is 11.6. The molecule has 0 heterocycles. The number of aromatic hydroxyl groups is 1. The quantitative estimate of drug-likeness (QED) is 0.279. The Morgan fingerprint density at radius 2 is 1.46 bits per heavy atom.